The highest BCUT2D eigenvalue weighted by Crippen LogP contribution is 2.23. The highest BCUT2D eigenvalue weighted by atomic mass is 19.1. The van der Waals surface area contributed by atoms with Crippen LogP contribution in [-0.4, -0.2) is 4.98 Å². The fourth-order valence-electron chi connectivity index (χ4n) is 2.15. The Balaban J connectivity index is 2.15. The predicted molar refractivity (Wildman–Crippen MR) is 77.9 cm³/mol. The highest BCUT2D eigenvalue weighted by molar-refractivity contribution is 5.70. The number of halogens is 1. The van der Waals surface area contributed by atoms with E-state index in [9.17, 15) is 9.18 Å². The summed E-state index contributed by atoms with van der Waals surface area (Å²) in [5.41, 5.74) is 2.83. The van der Waals surface area contributed by atoms with Crippen molar-refractivity contribution < 1.29 is 4.39 Å². The monoisotopic (exact) mass is 265 g/mol. The zero-order chi connectivity index (χ0) is 13.9. The molecule has 0 fully saturated rings. The third kappa shape index (κ3) is 2.52. The minimum absolute atomic E-state index is 0.203. The van der Waals surface area contributed by atoms with Crippen molar-refractivity contribution in [3.8, 4) is 22.4 Å². The molecule has 0 radical (unpaired) electrons. The van der Waals surface area contributed by atoms with Gasteiger partial charge in [0.05, 0.1) is 0 Å². The molecule has 1 heterocycles. The standard InChI is InChI=1S/C17H12FNO/c18-15-8-4-7-13(9-15)14-10-16(19-17(20)11-14)12-5-2-1-3-6-12/h1-11H,(H,19,20). The van der Waals surface area contributed by atoms with Gasteiger partial charge in [-0.05, 0) is 34.9 Å². The summed E-state index contributed by atoms with van der Waals surface area (Å²) < 4.78 is 13.3. The van der Waals surface area contributed by atoms with E-state index >= 15 is 0 Å². The van der Waals surface area contributed by atoms with Crippen molar-refractivity contribution in [1.82, 2.24) is 4.98 Å². The number of nitrogens with one attached hydrogen (secondary N) is 1. The molecular formula is C17H12FNO. The summed E-state index contributed by atoms with van der Waals surface area (Å²) in [6, 6.07) is 19.1. The summed E-state index contributed by atoms with van der Waals surface area (Å²) in [6.07, 6.45) is 0. The fourth-order valence-corrected chi connectivity index (χ4v) is 2.15. The van der Waals surface area contributed by atoms with Crippen molar-refractivity contribution in [2.45, 2.75) is 0 Å². The van der Waals surface area contributed by atoms with Crippen LogP contribution in [0.5, 0.6) is 0 Å². The number of rotatable bonds is 2. The van der Waals surface area contributed by atoms with Gasteiger partial charge in [-0.1, -0.05) is 42.5 Å². The van der Waals surface area contributed by atoms with E-state index in [1.54, 1.807) is 12.1 Å². The molecule has 0 bridgehead atoms. The van der Waals surface area contributed by atoms with Crippen LogP contribution >= 0.6 is 0 Å². The van der Waals surface area contributed by atoms with Gasteiger partial charge in [-0.15, -0.1) is 0 Å². The molecule has 0 aliphatic heterocycles. The summed E-state index contributed by atoms with van der Waals surface area (Å²) in [5.74, 6) is -0.316. The molecular weight excluding hydrogens is 253 g/mol. The SMILES string of the molecule is O=c1cc(-c2cccc(F)c2)cc(-c2ccccc2)[nH]1. The molecule has 0 spiro atoms. The van der Waals surface area contributed by atoms with Gasteiger partial charge in [-0.25, -0.2) is 4.39 Å². The third-order valence-electron chi connectivity index (χ3n) is 3.09. The van der Waals surface area contributed by atoms with E-state index in [4.69, 9.17) is 0 Å². The quantitative estimate of drug-likeness (QED) is 0.750. The molecule has 0 atom stereocenters. The molecule has 2 aromatic carbocycles. The first-order valence-corrected chi connectivity index (χ1v) is 6.28. The van der Waals surface area contributed by atoms with Crippen molar-refractivity contribution in [2.75, 3.05) is 0 Å². The average molecular weight is 265 g/mol. The normalized spacial score (nSPS) is 10.4. The Bertz CT molecular complexity index is 793. The highest BCUT2D eigenvalue weighted by Gasteiger charge is 2.04. The first-order chi connectivity index (χ1) is 9.72. The second-order valence-corrected chi connectivity index (χ2v) is 4.52. The lowest BCUT2D eigenvalue weighted by atomic mass is 10.0. The lowest BCUT2D eigenvalue weighted by Gasteiger charge is -2.06. The van der Waals surface area contributed by atoms with E-state index in [1.165, 1.54) is 18.2 Å². The van der Waals surface area contributed by atoms with E-state index in [1.807, 2.05) is 36.4 Å². The number of hydrogen-bond donors (Lipinski definition) is 1. The number of benzene rings is 2. The van der Waals surface area contributed by atoms with Crippen molar-refractivity contribution >= 4 is 0 Å². The summed E-state index contributed by atoms with van der Waals surface area (Å²) in [5, 5.41) is 0. The number of aromatic nitrogens is 1. The second-order valence-electron chi connectivity index (χ2n) is 4.52. The second kappa shape index (κ2) is 5.13. The topological polar surface area (TPSA) is 32.9 Å². The lowest BCUT2D eigenvalue weighted by molar-refractivity contribution is 0.628. The number of pyridine rings is 1. The van der Waals surface area contributed by atoms with Gasteiger partial charge in [-0.2, -0.15) is 0 Å². The lowest BCUT2D eigenvalue weighted by Crippen LogP contribution is -2.05. The average Bonchev–Trinajstić information content (AvgIpc) is 2.47. The first kappa shape index (κ1) is 12.4. The van der Waals surface area contributed by atoms with Crippen molar-refractivity contribution in [3.05, 3.63) is 82.9 Å². The number of aromatic amines is 1. The van der Waals surface area contributed by atoms with Gasteiger partial charge in [0, 0.05) is 11.8 Å². The summed E-state index contributed by atoms with van der Waals surface area (Å²) in [6.45, 7) is 0. The molecule has 0 saturated carbocycles. The minimum Gasteiger partial charge on any atom is -0.322 e. The molecule has 98 valence electrons. The molecule has 1 N–H and O–H groups in total. The zero-order valence-corrected chi connectivity index (χ0v) is 10.6. The van der Waals surface area contributed by atoms with Crippen molar-refractivity contribution in [3.63, 3.8) is 0 Å². The molecule has 3 heteroatoms. The molecule has 0 aliphatic carbocycles. The maximum Gasteiger partial charge on any atom is 0.249 e. The maximum atomic E-state index is 13.3. The molecule has 20 heavy (non-hydrogen) atoms. The Morgan fingerprint density at radius 2 is 1.50 bits per heavy atom. The van der Waals surface area contributed by atoms with Gasteiger partial charge < -0.3 is 4.98 Å². The van der Waals surface area contributed by atoms with Crippen LogP contribution in [0.1, 0.15) is 0 Å². The van der Waals surface area contributed by atoms with Gasteiger partial charge in [0.1, 0.15) is 5.82 Å². The molecule has 0 aliphatic rings. The Morgan fingerprint density at radius 1 is 0.750 bits per heavy atom. The number of hydrogen-bond acceptors (Lipinski definition) is 1. The molecule has 3 aromatic rings. The van der Waals surface area contributed by atoms with Crippen molar-refractivity contribution in [1.29, 1.82) is 0 Å². The van der Waals surface area contributed by atoms with Crippen LogP contribution in [0.4, 0.5) is 4.39 Å². The zero-order valence-electron chi connectivity index (χ0n) is 10.6. The van der Waals surface area contributed by atoms with Crippen LogP contribution in [0.15, 0.2) is 71.5 Å². The maximum absolute atomic E-state index is 13.3. The summed E-state index contributed by atoms with van der Waals surface area (Å²) in [7, 11) is 0. The Kier molecular flexibility index (Phi) is 3.17. The van der Waals surface area contributed by atoms with Gasteiger partial charge >= 0.3 is 0 Å². The van der Waals surface area contributed by atoms with E-state index in [-0.39, 0.29) is 11.4 Å². The number of H-pyrrole nitrogens is 1. The van der Waals surface area contributed by atoms with Crippen LogP contribution in [0.3, 0.4) is 0 Å². The van der Waals surface area contributed by atoms with Crippen LogP contribution in [0.25, 0.3) is 22.4 Å². The van der Waals surface area contributed by atoms with E-state index in [2.05, 4.69) is 4.98 Å². The van der Waals surface area contributed by atoms with Crippen LogP contribution in [-0.2, 0) is 0 Å². The molecule has 3 rings (SSSR count). The van der Waals surface area contributed by atoms with Crippen LogP contribution in [0, 0.1) is 5.82 Å². The minimum atomic E-state index is -0.316. The third-order valence-corrected chi connectivity index (χ3v) is 3.09. The first-order valence-electron chi connectivity index (χ1n) is 6.28. The van der Waals surface area contributed by atoms with Gasteiger partial charge in [0.25, 0.3) is 0 Å². The smallest absolute Gasteiger partial charge is 0.249 e. The van der Waals surface area contributed by atoms with E-state index in [0.29, 0.717) is 11.1 Å². The Morgan fingerprint density at radius 3 is 2.25 bits per heavy atom. The van der Waals surface area contributed by atoms with Gasteiger partial charge in [0.2, 0.25) is 5.56 Å². The van der Waals surface area contributed by atoms with E-state index in [0.717, 1.165) is 11.3 Å². The predicted octanol–water partition coefficient (Wildman–Crippen LogP) is 3.85. The van der Waals surface area contributed by atoms with Crippen molar-refractivity contribution in [2.24, 2.45) is 0 Å². The largest absolute Gasteiger partial charge is 0.322 e. The van der Waals surface area contributed by atoms with Gasteiger partial charge in [0.15, 0.2) is 0 Å². The summed E-state index contributed by atoms with van der Waals surface area (Å²) in [4.78, 5) is 14.6. The molecule has 1 aromatic heterocycles. The molecule has 0 amide bonds. The summed E-state index contributed by atoms with van der Waals surface area (Å²) >= 11 is 0. The van der Waals surface area contributed by atoms with Crippen LogP contribution < -0.4 is 5.56 Å². The van der Waals surface area contributed by atoms with Gasteiger partial charge in [-0.3, -0.25) is 4.79 Å². The van der Waals surface area contributed by atoms with Crippen LogP contribution in [0.2, 0.25) is 0 Å². The fraction of sp³-hybridized carbons (Fsp3) is 0. The molecule has 2 nitrogen and oxygen atoms in total. The molecule has 0 unspecified atom stereocenters. The van der Waals surface area contributed by atoms with E-state index < -0.39 is 0 Å². The Hall–Kier alpha value is -2.68. The molecule has 0 saturated heterocycles. The Labute approximate surface area is 115 Å².